The number of benzene rings is 3. The summed E-state index contributed by atoms with van der Waals surface area (Å²) in [6.45, 7) is 4.92. The van der Waals surface area contributed by atoms with Crippen molar-refractivity contribution in [2.45, 2.75) is 25.7 Å². The van der Waals surface area contributed by atoms with Crippen molar-refractivity contribution >= 4 is 33.0 Å². The van der Waals surface area contributed by atoms with Gasteiger partial charge in [-0.1, -0.05) is 18.2 Å². The summed E-state index contributed by atoms with van der Waals surface area (Å²) in [5.41, 5.74) is 2.50. The van der Waals surface area contributed by atoms with Crippen LogP contribution < -0.4 is 14.4 Å². The van der Waals surface area contributed by atoms with Gasteiger partial charge in [0.25, 0.3) is 21.6 Å². The number of amides is 1. The Morgan fingerprint density at radius 3 is 2.26 bits per heavy atom. The quantitative estimate of drug-likeness (QED) is 0.376. The number of nitrogens with one attached hydrogen (secondary N) is 1. The molecule has 1 N–H and O–H groups in total. The molecule has 0 aliphatic rings. The zero-order valence-corrected chi connectivity index (χ0v) is 20.0. The lowest BCUT2D eigenvalue weighted by Gasteiger charge is -2.21. The van der Waals surface area contributed by atoms with Crippen LogP contribution in [0.5, 0.6) is 5.75 Å². The van der Waals surface area contributed by atoms with E-state index < -0.39 is 20.9 Å². The highest BCUT2D eigenvalue weighted by atomic mass is 32.2. The summed E-state index contributed by atoms with van der Waals surface area (Å²) >= 11 is 0. The van der Waals surface area contributed by atoms with Crippen LogP contribution in [-0.2, 0) is 14.8 Å². The summed E-state index contributed by atoms with van der Waals surface area (Å²) in [6.07, 6.45) is 0. The number of nitro benzene ring substituents is 1. The lowest BCUT2D eigenvalue weighted by atomic mass is 10.2. The van der Waals surface area contributed by atoms with Gasteiger partial charge in [-0.25, -0.2) is 8.42 Å². The molecule has 0 aliphatic carbocycles. The molecule has 0 atom stereocenters. The second-order valence-electron chi connectivity index (χ2n) is 7.85. The molecule has 9 nitrogen and oxygen atoms in total. The Morgan fingerprint density at radius 2 is 1.62 bits per heavy atom. The molecule has 0 aromatic heterocycles. The highest BCUT2D eigenvalue weighted by Crippen LogP contribution is 2.27. The maximum absolute atomic E-state index is 13.1. The van der Waals surface area contributed by atoms with E-state index >= 15 is 0 Å². The molecule has 34 heavy (non-hydrogen) atoms. The number of hydrogen-bond acceptors (Lipinski definition) is 6. The first kappa shape index (κ1) is 24.7. The highest BCUT2D eigenvalue weighted by Gasteiger charge is 2.23. The minimum atomic E-state index is -3.76. The van der Waals surface area contributed by atoms with Gasteiger partial charge in [-0.05, 0) is 73.9 Å². The standard InChI is InChI=1S/C24H25N3O6S/c1-16-6-12-21(22(13-16)27(29)30)25-24(28)15-33-20-10-8-19(9-11-20)26(4)34(31,32)23-14-17(2)5-7-18(23)3/h5-14H,15H2,1-4H3,(H,25,28). The predicted octanol–water partition coefficient (Wildman–Crippen LogP) is 4.36. The second kappa shape index (κ2) is 9.92. The number of carbonyl (C=O) groups excluding carboxylic acids is 1. The average Bonchev–Trinajstić information content (AvgIpc) is 2.80. The van der Waals surface area contributed by atoms with Crippen LogP contribution in [0.2, 0.25) is 0 Å². The zero-order chi connectivity index (χ0) is 25.0. The van der Waals surface area contributed by atoms with Crippen molar-refractivity contribution in [3.63, 3.8) is 0 Å². The molecule has 0 spiro atoms. The van der Waals surface area contributed by atoms with Crippen LogP contribution in [-0.4, -0.2) is 32.9 Å². The van der Waals surface area contributed by atoms with E-state index in [9.17, 15) is 23.3 Å². The Balaban J connectivity index is 1.67. The summed E-state index contributed by atoms with van der Waals surface area (Å²) in [4.78, 5) is 23.1. The minimum Gasteiger partial charge on any atom is -0.484 e. The number of ether oxygens (including phenoxy) is 1. The number of hydrogen-bond donors (Lipinski definition) is 1. The fourth-order valence-electron chi connectivity index (χ4n) is 3.26. The molecule has 10 heteroatoms. The maximum atomic E-state index is 13.1. The lowest BCUT2D eigenvalue weighted by Crippen LogP contribution is -2.27. The molecule has 0 saturated carbocycles. The molecule has 0 bridgehead atoms. The Hall–Kier alpha value is -3.92. The summed E-state index contributed by atoms with van der Waals surface area (Å²) < 4.78 is 32.8. The molecule has 3 aromatic carbocycles. The van der Waals surface area contributed by atoms with Crippen LogP contribution in [0, 0.1) is 30.9 Å². The van der Waals surface area contributed by atoms with E-state index in [4.69, 9.17) is 4.74 Å². The van der Waals surface area contributed by atoms with E-state index in [0.717, 1.165) is 5.56 Å². The first-order chi connectivity index (χ1) is 16.0. The number of rotatable bonds is 8. The summed E-state index contributed by atoms with van der Waals surface area (Å²) in [5.74, 6) is -0.222. The number of carbonyl (C=O) groups is 1. The summed E-state index contributed by atoms with van der Waals surface area (Å²) in [6, 6.07) is 16.0. The van der Waals surface area contributed by atoms with Gasteiger partial charge < -0.3 is 10.1 Å². The topological polar surface area (TPSA) is 119 Å². The van der Waals surface area contributed by atoms with Crippen LogP contribution in [0.3, 0.4) is 0 Å². The average molecular weight is 484 g/mol. The normalized spacial score (nSPS) is 11.1. The minimum absolute atomic E-state index is 0.0813. The SMILES string of the molecule is Cc1ccc(NC(=O)COc2ccc(N(C)S(=O)(=O)c3cc(C)ccc3C)cc2)c([N+](=O)[O-])c1. The molecular formula is C24H25N3O6S. The lowest BCUT2D eigenvalue weighted by molar-refractivity contribution is -0.384. The van der Waals surface area contributed by atoms with Crippen LogP contribution in [0.1, 0.15) is 16.7 Å². The third-order valence-corrected chi connectivity index (χ3v) is 7.10. The second-order valence-corrected chi connectivity index (χ2v) is 9.79. The molecule has 0 radical (unpaired) electrons. The monoisotopic (exact) mass is 483 g/mol. The molecule has 3 rings (SSSR count). The van der Waals surface area contributed by atoms with E-state index in [-0.39, 0.29) is 22.9 Å². The molecule has 1 amide bonds. The molecule has 0 saturated heterocycles. The number of aryl methyl sites for hydroxylation is 3. The van der Waals surface area contributed by atoms with Gasteiger partial charge in [0, 0.05) is 13.1 Å². The van der Waals surface area contributed by atoms with Crippen molar-refractivity contribution in [1.82, 2.24) is 0 Å². The predicted molar refractivity (Wildman–Crippen MR) is 130 cm³/mol. The van der Waals surface area contributed by atoms with Gasteiger partial charge in [0.1, 0.15) is 11.4 Å². The molecule has 3 aromatic rings. The number of nitro groups is 1. The Bertz CT molecular complexity index is 1340. The van der Waals surface area contributed by atoms with Gasteiger partial charge in [-0.2, -0.15) is 0 Å². The van der Waals surface area contributed by atoms with Crippen LogP contribution in [0.4, 0.5) is 17.1 Å². The van der Waals surface area contributed by atoms with Crippen molar-refractivity contribution < 1.29 is 22.9 Å². The van der Waals surface area contributed by atoms with E-state index in [1.165, 1.54) is 23.5 Å². The Morgan fingerprint density at radius 1 is 1.00 bits per heavy atom. The van der Waals surface area contributed by atoms with E-state index in [1.54, 1.807) is 56.3 Å². The first-order valence-corrected chi connectivity index (χ1v) is 11.8. The van der Waals surface area contributed by atoms with Gasteiger partial charge >= 0.3 is 0 Å². The molecule has 0 heterocycles. The van der Waals surface area contributed by atoms with Gasteiger partial charge in [0.2, 0.25) is 0 Å². The van der Waals surface area contributed by atoms with Crippen molar-refractivity contribution in [3.05, 3.63) is 87.5 Å². The highest BCUT2D eigenvalue weighted by molar-refractivity contribution is 7.92. The summed E-state index contributed by atoms with van der Waals surface area (Å²) in [5, 5.41) is 13.7. The van der Waals surface area contributed by atoms with Gasteiger partial charge in [-0.3, -0.25) is 19.2 Å². The van der Waals surface area contributed by atoms with Gasteiger partial charge in [0.15, 0.2) is 6.61 Å². The Kier molecular flexibility index (Phi) is 7.21. The fourth-order valence-corrected chi connectivity index (χ4v) is 4.76. The maximum Gasteiger partial charge on any atom is 0.293 e. The van der Waals surface area contributed by atoms with Crippen molar-refractivity contribution in [1.29, 1.82) is 0 Å². The molecular weight excluding hydrogens is 458 g/mol. The van der Waals surface area contributed by atoms with Gasteiger partial charge in [0.05, 0.1) is 15.5 Å². The van der Waals surface area contributed by atoms with Gasteiger partial charge in [-0.15, -0.1) is 0 Å². The van der Waals surface area contributed by atoms with E-state index in [0.29, 0.717) is 22.6 Å². The first-order valence-electron chi connectivity index (χ1n) is 10.3. The summed E-state index contributed by atoms with van der Waals surface area (Å²) in [7, 11) is -2.29. The van der Waals surface area contributed by atoms with Crippen LogP contribution in [0.15, 0.2) is 65.6 Å². The van der Waals surface area contributed by atoms with Crippen molar-refractivity contribution in [3.8, 4) is 5.75 Å². The van der Waals surface area contributed by atoms with E-state index in [1.807, 2.05) is 13.0 Å². The van der Waals surface area contributed by atoms with Crippen molar-refractivity contribution in [2.24, 2.45) is 0 Å². The number of nitrogens with zero attached hydrogens (tertiary/aromatic N) is 2. The fraction of sp³-hybridized carbons (Fsp3) is 0.208. The molecule has 0 aliphatic heterocycles. The third kappa shape index (κ3) is 5.52. The number of sulfonamides is 1. The molecule has 0 unspecified atom stereocenters. The zero-order valence-electron chi connectivity index (χ0n) is 19.2. The van der Waals surface area contributed by atoms with Crippen LogP contribution in [0.25, 0.3) is 0 Å². The van der Waals surface area contributed by atoms with Crippen molar-refractivity contribution in [2.75, 3.05) is 23.3 Å². The van der Waals surface area contributed by atoms with Crippen LogP contribution >= 0.6 is 0 Å². The van der Waals surface area contributed by atoms with E-state index in [2.05, 4.69) is 5.32 Å². The molecule has 0 fully saturated rings. The number of anilines is 2. The third-order valence-electron chi connectivity index (χ3n) is 5.18. The largest absolute Gasteiger partial charge is 0.484 e. The Labute approximate surface area is 198 Å². The smallest absolute Gasteiger partial charge is 0.293 e. The molecule has 178 valence electrons.